The van der Waals surface area contributed by atoms with Crippen LogP contribution in [0, 0.1) is 0 Å². The molecule has 140 valence electrons. The molecular weight excluding hydrogens is 342 g/mol. The van der Waals surface area contributed by atoms with Gasteiger partial charge in [-0.2, -0.15) is 0 Å². The molecule has 0 aliphatic heterocycles. The monoisotopic (exact) mass is 365 g/mol. The molecule has 6 heteroatoms. The number of benzene rings is 2. The molecule has 0 fully saturated rings. The second-order valence-corrected chi connectivity index (χ2v) is 6.16. The topological polar surface area (TPSA) is 77.2 Å². The average molecular weight is 365 g/mol. The molecule has 0 unspecified atom stereocenters. The van der Waals surface area contributed by atoms with E-state index in [9.17, 15) is 4.79 Å². The third-order valence-corrected chi connectivity index (χ3v) is 4.05. The van der Waals surface area contributed by atoms with Gasteiger partial charge in [0.05, 0.1) is 0 Å². The number of hydrogen-bond acceptors (Lipinski definition) is 5. The van der Waals surface area contributed by atoms with Gasteiger partial charge in [-0.1, -0.05) is 26.0 Å². The van der Waals surface area contributed by atoms with Gasteiger partial charge in [-0.3, -0.25) is 4.79 Å². The number of carbonyl (C=O) groups excluding carboxylic acids is 1. The van der Waals surface area contributed by atoms with Crippen LogP contribution < -0.4 is 10.1 Å². The number of nitrogens with one attached hydrogen (secondary N) is 1. The molecule has 3 aromatic rings. The van der Waals surface area contributed by atoms with E-state index in [1.165, 1.54) is 5.56 Å². The lowest BCUT2D eigenvalue weighted by atomic mass is 10.1. The zero-order chi connectivity index (χ0) is 19.1. The van der Waals surface area contributed by atoms with Crippen LogP contribution in [0.4, 0.5) is 5.69 Å². The molecule has 1 heterocycles. The number of ether oxygens (including phenoxy) is 1. The summed E-state index contributed by atoms with van der Waals surface area (Å²) in [6.45, 7) is 4.09. The van der Waals surface area contributed by atoms with Crippen LogP contribution in [-0.4, -0.2) is 22.7 Å². The molecule has 0 saturated carbocycles. The van der Waals surface area contributed by atoms with E-state index in [1.807, 2.05) is 36.4 Å². The van der Waals surface area contributed by atoms with Crippen molar-refractivity contribution in [1.82, 2.24) is 10.2 Å². The first kappa shape index (κ1) is 18.6. The van der Waals surface area contributed by atoms with E-state index in [4.69, 9.17) is 9.15 Å². The highest BCUT2D eigenvalue weighted by Gasteiger charge is 2.09. The molecule has 27 heavy (non-hydrogen) atoms. The van der Waals surface area contributed by atoms with Crippen molar-refractivity contribution in [3.63, 3.8) is 0 Å². The van der Waals surface area contributed by atoms with Gasteiger partial charge in [-0.25, -0.2) is 0 Å². The molecule has 0 atom stereocenters. The zero-order valence-electron chi connectivity index (χ0n) is 15.6. The van der Waals surface area contributed by atoms with Gasteiger partial charge in [0, 0.05) is 17.7 Å². The number of aromatic nitrogens is 2. The molecule has 2 aromatic carbocycles. The van der Waals surface area contributed by atoms with Crippen LogP contribution in [0.15, 0.2) is 52.9 Å². The lowest BCUT2D eigenvalue weighted by molar-refractivity contribution is -0.118. The molecule has 0 spiro atoms. The summed E-state index contributed by atoms with van der Waals surface area (Å²) in [6, 6.07) is 15.0. The Labute approximate surface area is 158 Å². The van der Waals surface area contributed by atoms with Crippen LogP contribution in [0.3, 0.4) is 0 Å². The Hall–Kier alpha value is -3.15. The molecule has 6 nitrogen and oxygen atoms in total. The fraction of sp³-hybridized carbons (Fsp3) is 0.286. The molecule has 1 N–H and O–H groups in total. The minimum absolute atomic E-state index is 0.0594. The summed E-state index contributed by atoms with van der Waals surface area (Å²) in [5, 5.41) is 10.9. The van der Waals surface area contributed by atoms with E-state index >= 15 is 0 Å². The van der Waals surface area contributed by atoms with Crippen molar-refractivity contribution >= 4 is 11.6 Å². The summed E-state index contributed by atoms with van der Waals surface area (Å²) in [5.74, 6) is 1.52. The molecule has 1 aromatic heterocycles. The minimum Gasteiger partial charge on any atom is -0.484 e. The lowest BCUT2D eigenvalue weighted by Gasteiger charge is -2.08. The minimum atomic E-state index is -0.204. The molecule has 0 aliphatic carbocycles. The van der Waals surface area contributed by atoms with Crippen molar-refractivity contribution in [2.24, 2.45) is 0 Å². The summed E-state index contributed by atoms with van der Waals surface area (Å²) in [5.41, 5.74) is 2.81. The number of aryl methyl sites for hydroxylation is 2. The quantitative estimate of drug-likeness (QED) is 0.645. The number of rotatable bonds is 8. The van der Waals surface area contributed by atoms with Crippen molar-refractivity contribution in [2.45, 2.75) is 33.1 Å². The highest BCUT2D eigenvalue weighted by atomic mass is 16.5. The van der Waals surface area contributed by atoms with Crippen molar-refractivity contribution in [2.75, 3.05) is 11.9 Å². The van der Waals surface area contributed by atoms with Crippen LogP contribution >= 0.6 is 0 Å². The molecule has 3 rings (SSSR count). The largest absolute Gasteiger partial charge is 0.484 e. The first-order valence-electron chi connectivity index (χ1n) is 9.12. The van der Waals surface area contributed by atoms with Crippen molar-refractivity contribution in [1.29, 1.82) is 0 Å². The van der Waals surface area contributed by atoms with Gasteiger partial charge in [-0.15, -0.1) is 10.2 Å². The Morgan fingerprint density at radius 2 is 1.78 bits per heavy atom. The third kappa shape index (κ3) is 5.17. The molecule has 0 saturated heterocycles. The molecule has 1 amide bonds. The van der Waals surface area contributed by atoms with Crippen molar-refractivity contribution in [3.8, 4) is 17.2 Å². The SMILES string of the molecule is CCCc1nnc(-c2ccc(OCC(=O)Nc3ccc(CC)cc3)cc2)o1. The number of hydrogen-bond donors (Lipinski definition) is 1. The Kier molecular flexibility index (Phi) is 6.20. The standard InChI is InChI=1S/C21H23N3O3/c1-3-5-20-23-24-21(27-20)16-8-12-18(13-9-16)26-14-19(25)22-17-10-6-15(4-2)7-11-17/h6-13H,3-5,14H2,1-2H3,(H,22,25). The van der Waals surface area contributed by atoms with Crippen LogP contribution in [0.5, 0.6) is 5.75 Å². The van der Waals surface area contributed by atoms with E-state index in [0.29, 0.717) is 17.5 Å². The normalized spacial score (nSPS) is 10.6. The van der Waals surface area contributed by atoms with Gasteiger partial charge in [0.15, 0.2) is 6.61 Å². The highest BCUT2D eigenvalue weighted by Crippen LogP contribution is 2.21. The fourth-order valence-electron chi connectivity index (χ4n) is 2.55. The molecule has 0 aliphatic rings. The van der Waals surface area contributed by atoms with E-state index in [-0.39, 0.29) is 12.5 Å². The summed E-state index contributed by atoms with van der Waals surface area (Å²) in [7, 11) is 0. The number of nitrogens with zero attached hydrogens (tertiary/aromatic N) is 2. The highest BCUT2D eigenvalue weighted by molar-refractivity contribution is 5.91. The van der Waals surface area contributed by atoms with E-state index in [1.54, 1.807) is 12.1 Å². The van der Waals surface area contributed by atoms with E-state index in [0.717, 1.165) is 30.5 Å². The molecular formula is C21H23N3O3. The van der Waals surface area contributed by atoms with Gasteiger partial charge in [0.25, 0.3) is 5.91 Å². The second-order valence-electron chi connectivity index (χ2n) is 6.16. The average Bonchev–Trinajstić information content (AvgIpc) is 3.16. The van der Waals surface area contributed by atoms with Crippen LogP contribution in [0.2, 0.25) is 0 Å². The summed E-state index contributed by atoms with van der Waals surface area (Å²) in [4.78, 5) is 12.0. The molecule has 0 radical (unpaired) electrons. The van der Waals surface area contributed by atoms with E-state index in [2.05, 4.69) is 29.4 Å². The predicted molar refractivity (Wildman–Crippen MR) is 104 cm³/mol. The van der Waals surface area contributed by atoms with Gasteiger partial charge in [0.1, 0.15) is 5.75 Å². The van der Waals surface area contributed by atoms with Crippen molar-refractivity contribution < 1.29 is 13.9 Å². The lowest BCUT2D eigenvalue weighted by Crippen LogP contribution is -2.20. The van der Waals surface area contributed by atoms with Gasteiger partial charge in [-0.05, 0) is 54.8 Å². The summed E-state index contributed by atoms with van der Waals surface area (Å²) < 4.78 is 11.1. The van der Waals surface area contributed by atoms with E-state index < -0.39 is 0 Å². The zero-order valence-corrected chi connectivity index (χ0v) is 15.6. The van der Waals surface area contributed by atoms with Gasteiger partial charge >= 0.3 is 0 Å². The maximum atomic E-state index is 12.0. The smallest absolute Gasteiger partial charge is 0.262 e. The first-order chi connectivity index (χ1) is 13.2. The first-order valence-corrected chi connectivity index (χ1v) is 9.12. The predicted octanol–water partition coefficient (Wildman–Crippen LogP) is 4.27. The maximum absolute atomic E-state index is 12.0. The van der Waals surface area contributed by atoms with Gasteiger partial charge < -0.3 is 14.5 Å². The van der Waals surface area contributed by atoms with Crippen LogP contribution in [0.1, 0.15) is 31.7 Å². The van der Waals surface area contributed by atoms with Crippen LogP contribution in [0.25, 0.3) is 11.5 Å². The van der Waals surface area contributed by atoms with Gasteiger partial charge in [0.2, 0.25) is 11.8 Å². The Morgan fingerprint density at radius 1 is 1.04 bits per heavy atom. The third-order valence-electron chi connectivity index (χ3n) is 4.05. The summed E-state index contributed by atoms with van der Waals surface area (Å²) in [6.07, 6.45) is 2.69. The Balaban J connectivity index is 1.52. The second kappa shape index (κ2) is 8.98. The number of anilines is 1. The van der Waals surface area contributed by atoms with Crippen molar-refractivity contribution in [3.05, 3.63) is 60.0 Å². The number of amides is 1. The Morgan fingerprint density at radius 3 is 2.44 bits per heavy atom. The Bertz CT molecular complexity index is 870. The summed E-state index contributed by atoms with van der Waals surface area (Å²) >= 11 is 0. The molecule has 0 bridgehead atoms. The van der Waals surface area contributed by atoms with Crippen LogP contribution in [-0.2, 0) is 17.6 Å². The number of carbonyl (C=O) groups is 1. The maximum Gasteiger partial charge on any atom is 0.262 e. The fourth-order valence-corrected chi connectivity index (χ4v) is 2.55.